The Balaban J connectivity index is 0.00000261. The number of hydrogen-bond acceptors (Lipinski definition) is 3. The third-order valence-corrected chi connectivity index (χ3v) is 5.21. The third kappa shape index (κ3) is 5.60. The van der Waals surface area contributed by atoms with E-state index in [-0.39, 0.29) is 41.5 Å². The lowest BCUT2D eigenvalue weighted by Crippen LogP contribution is -2.39. The van der Waals surface area contributed by atoms with Gasteiger partial charge in [-0.2, -0.15) is 0 Å². The van der Waals surface area contributed by atoms with E-state index >= 15 is 0 Å². The molecular weight excluding hydrogens is 481 g/mol. The first-order chi connectivity index (χ1) is 12.5. The predicted molar refractivity (Wildman–Crippen MR) is 117 cm³/mol. The Bertz CT molecular complexity index is 774. The van der Waals surface area contributed by atoms with Gasteiger partial charge in [0.15, 0.2) is 5.96 Å². The number of benzene rings is 1. The highest BCUT2D eigenvalue weighted by Gasteiger charge is 2.42. The van der Waals surface area contributed by atoms with Gasteiger partial charge in [0.25, 0.3) is 0 Å². The molecule has 1 heterocycles. The van der Waals surface area contributed by atoms with Crippen LogP contribution in [-0.4, -0.2) is 23.5 Å². The molecular formula is C19H25F2IN4S. The van der Waals surface area contributed by atoms with Crippen LogP contribution in [0.1, 0.15) is 55.3 Å². The molecule has 1 aromatic heterocycles. The van der Waals surface area contributed by atoms with E-state index in [0.29, 0.717) is 31.4 Å². The molecule has 2 unspecified atom stereocenters. The average molecular weight is 506 g/mol. The maximum atomic E-state index is 13.9. The largest absolute Gasteiger partial charge is 0.357 e. The molecule has 2 N–H and O–H groups in total. The molecule has 1 aromatic carbocycles. The summed E-state index contributed by atoms with van der Waals surface area (Å²) >= 11 is 1.60. The van der Waals surface area contributed by atoms with E-state index in [4.69, 9.17) is 0 Å². The fraction of sp³-hybridized carbons (Fsp3) is 0.474. The number of halogens is 3. The van der Waals surface area contributed by atoms with Gasteiger partial charge in [-0.05, 0) is 31.4 Å². The lowest BCUT2D eigenvalue weighted by atomic mass is 10.1. The zero-order chi connectivity index (χ0) is 18.7. The van der Waals surface area contributed by atoms with Gasteiger partial charge in [-0.1, -0.05) is 19.9 Å². The number of aromatic nitrogens is 1. The van der Waals surface area contributed by atoms with Crippen LogP contribution in [-0.2, 0) is 6.54 Å². The quantitative estimate of drug-likeness (QED) is 0.337. The Kier molecular flexibility index (Phi) is 7.96. The average Bonchev–Trinajstić information content (AvgIpc) is 3.16. The van der Waals surface area contributed by atoms with E-state index in [1.54, 1.807) is 11.3 Å². The van der Waals surface area contributed by atoms with Crippen LogP contribution in [0.5, 0.6) is 0 Å². The van der Waals surface area contributed by atoms with E-state index in [1.165, 1.54) is 18.2 Å². The first-order valence-corrected chi connectivity index (χ1v) is 9.80. The summed E-state index contributed by atoms with van der Waals surface area (Å²) in [6, 6.07) is 4.00. The molecule has 1 fully saturated rings. The third-order valence-electron chi connectivity index (χ3n) is 4.36. The van der Waals surface area contributed by atoms with Gasteiger partial charge in [0.05, 0.1) is 12.2 Å². The molecule has 0 saturated heterocycles. The maximum Gasteiger partial charge on any atom is 0.191 e. The number of nitrogens with one attached hydrogen (secondary N) is 2. The highest BCUT2D eigenvalue weighted by atomic mass is 127. The van der Waals surface area contributed by atoms with Gasteiger partial charge >= 0.3 is 0 Å². The lowest BCUT2D eigenvalue weighted by Gasteiger charge is -2.11. The van der Waals surface area contributed by atoms with Crippen molar-refractivity contribution in [3.05, 3.63) is 51.5 Å². The zero-order valence-corrected chi connectivity index (χ0v) is 18.8. The Morgan fingerprint density at radius 2 is 2.04 bits per heavy atom. The minimum atomic E-state index is -0.481. The van der Waals surface area contributed by atoms with E-state index in [0.717, 1.165) is 10.7 Å². The fourth-order valence-corrected chi connectivity index (χ4v) is 3.72. The summed E-state index contributed by atoms with van der Waals surface area (Å²) in [6.45, 7) is 7.41. The normalized spacial score (nSPS) is 19.0. The van der Waals surface area contributed by atoms with Gasteiger partial charge in [0.2, 0.25) is 0 Å². The summed E-state index contributed by atoms with van der Waals surface area (Å²) in [7, 11) is 0. The molecule has 1 aliphatic rings. The number of aliphatic imine (C=N–C) groups is 1. The monoisotopic (exact) mass is 506 g/mol. The van der Waals surface area contributed by atoms with Crippen LogP contribution in [0.25, 0.3) is 0 Å². The van der Waals surface area contributed by atoms with E-state index in [2.05, 4.69) is 39.8 Å². The van der Waals surface area contributed by atoms with Crippen molar-refractivity contribution in [2.24, 2.45) is 4.99 Å². The van der Waals surface area contributed by atoms with E-state index < -0.39 is 11.6 Å². The Hall–Kier alpha value is -1.29. The van der Waals surface area contributed by atoms with Crippen molar-refractivity contribution < 1.29 is 8.78 Å². The van der Waals surface area contributed by atoms with E-state index in [9.17, 15) is 8.78 Å². The second-order valence-corrected chi connectivity index (χ2v) is 7.69. The highest BCUT2D eigenvalue weighted by molar-refractivity contribution is 14.0. The number of guanidine groups is 1. The minimum Gasteiger partial charge on any atom is -0.357 e. The summed E-state index contributed by atoms with van der Waals surface area (Å²) < 4.78 is 27.8. The SMILES string of the molecule is CCNC(=NCc1nc(C(C)C)cs1)NC1CC1c1c(F)cccc1F.I. The highest BCUT2D eigenvalue weighted by Crippen LogP contribution is 2.43. The smallest absolute Gasteiger partial charge is 0.191 e. The van der Waals surface area contributed by atoms with Crippen molar-refractivity contribution in [2.75, 3.05) is 6.54 Å². The van der Waals surface area contributed by atoms with Crippen molar-refractivity contribution in [1.29, 1.82) is 0 Å². The Labute approximate surface area is 179 Å². The van der Waals surface area contributed by atoms with Crippen LogP contribution >= 0.6 is 35.3 Å². The van der Waals surface area contributed by atoms with Crippen LogP contribution in [0.4, 0.5) is 8.78 Å². The standard InChI is InChI=1S/C19H24F2N4S.HI/c1-4-22-19(23-9-17-24-16(10-26-17)11(2)3)25-15-8-12(15)18-13(20)6-5-7-14(18)21;/h5-7,10-12,15H,4,8-9H2,1-3H3,(H2,22,23,25);1H. The van der Waals surface area contributed by atoms with Crippen LogP contribution in [0.3, 0.4) is 0 Å². The predicted octanol–water partition coefficient (Wildman–Crippen LogP) is 4.77. The summed E-state index contributed by atoms with van der Waals surface area (Å²) in [5, 5.41) is 9.48. The van der Waals surface area contributed by atoms with Crippen molar-refractivity contribution in [1.82, 2.24) is 15.6 Å². The Morgan fingerprint density at radius 1 is 1.33 bits per heavy atom. The molecule has 4 nitrogen and oxygen atoms in total. The van der Waals surface area contributed by atoms with Crippen molar-refractivity contribution >= 4 is 41.3 Å². The topological polar surface area (TPSA) is 49.3 Å². The van der Waals surface area contributed by atoms with Crippen molar-refractivity contribution in [2.45, 2.75) is 51.6 Å². The van der Waals surface area contributed by atoms with Gasteiger partial charge in [0.1, 0.15) is 16.6 Å². The molecule has 1 saturated carbocycles. The molecule has 0 amide bonds. The molecule has 0 aliphatic heterocycles. The molecule has 0 spiro atoms. The summed E-state index contributed by atoms with van der Waals surface area (Å²) in [4.78, 5) is 9.14. The molecule has 2 aromatic rings. The fourth-order valence-electron chi connectivity index (χ4n) is 2.84. The maximum absolute atomic E-state index is 13.9. The first kappa shape index (κ1) is 22.0. The summed E-state index contributed by atoms with van der Waals surface area (Å²) in [5.74, 6) is -0.0702. The Morgan fingerprint density at radius 3 is 2.63 bits per heavy atom. The number of hydrogen-bond donors (Lipinski definition) is 2. The van der Waals surface area contributed by atoms with Crippen LogP contribution in [0.15, 0.2) is 28.6 Å². The molecule has 2 atom stereocenters. The number of thiazole rings is 1. The molecule has 0 bridgehead atoms. The number of nitrogens with zero attached hydrogens (tertiary/aromatic N) is 2. The van der Waals surface area contributed by atoms with Crippen LogP contribution in [0, 0.1) is 11.6 Å². The second-order valence-electron chi connectivity index (χ2n) is 6.74. The first-order valence-electron chi connectivity index (χ1n) is 8.92. The number of rotatable bonds is 6. The van der Waals surface area contributed by atoms with Crippen LogP contribution < -0.4 is 10.6 Å². The van der Waals surface area contributed by atoms with Gasteiger partial charge in [-0.25, -0.2) is 18.8 Å². The van der Waals surface area contributed by atoms with Crippen molar-refractivity contribution in [3.63, 3.8) is 0 Å². The lowest BCUT2D eigenvalue weighted by molar-refractivity contribution is 0.553. The molecule has 148 valence electrons. The second kappa shape index (κ2) is 9.77. The molecule has 1 aliphatic carbocycles. The molecule has 0 radical (unpaired) electrons. The molecule has 27 heavy (non-hydrogen) atoms. The van der Waals surface area contributed by atoms with Gasteiger partial charge in [-0.15, -0.1) is 35.3 Å². The summed E-state index contributed by atoms with van der Waals surface area (Å²) in [5.41, 5.74) is 1.25. The molecule has 3 rings (SSSR count). The van der Waals surface area contributed by atoms with Gasteiger partial charge in [-0.3, -0.25) is 0 Å². The summed E-state index contributed by atoms with van der Waals surface area (Å²) in [6.07, 6.45) is 0.691. The zero-order valence-electron chi connectivity index (χ0n) is 15.6. The van der Waals surface area contributed by atoms with Crippen molar-refractivity contribution in [3.8, 4) is 0 Å². The van der Waals surface area contributed by atoms with Gasteiger partial charge < -0.3 is 10.6 Å². The van der Waals surface area contributed by atoms with Gasteiger partial charge in [0, 0.05) is 29.4 Å². The van der Waals surface area contributed by atoms with Crippen LogP contribution in [0.2, 0.25) is 0 Å². The molecule has 8 heteroatoms. The minimum absolute atomic E-state index is 0. The van der Waals surface area contributed by atoms with E-state index in [1.807, 2.05) is 6.92 Å².